The quantitative estimate of drug-likeness (QED) is 0.517. The smallest absolute Gasteiger partial charge is 0.254 e. The van der Waals surface area contributed by atoms with Crippen LogP contribution in [0.3, 0.4) is 0 Å². The van der Waals surface area contributed by atoms with Gasteiger partial charge in [0, 0.05) is 19.6 Å². The predicted octanol–water partition coefficient (Wildman–Crippen LogP) is 2.07. The summed E-state index contributed by atoms with van der Waals surface area (Å²) < 4.78 is 7.62. The van der Waals surface area contributed by atoms with Gasteiger partial charge >= 0.3 is 0 Å². The van der Waals surface area contributed by atoms with Crippen LogP contribution in [0, 0.1) is 0 Å². The van der Waals surface area contributed by atoms with E-state index in [9.17, 15) is 0 Å². The molecular weight excluding hydrogens is 188 g/mol. The molecule has 1 N–H and O–H groups in total. The van der Waals surface area contributed by atoms with Gasteiger partial charge in [-0.15, -0.1) is 0 Å². The van der Waals surface area contributed by atoms with E-state index in [0.29, 0.717) is 0 Å². The number of imidazole rings is 1. The van der Waals surface area contributed by atoms with Gasteiger partial charge in [0.25, 0.3) is 5.82 Å². The molecule has 0 amide bonds. The van der Waals surface area contributed by atoms with Crippen LogP contribution in [0.15, 0.2) is 12.4 Å². The van der Waals surface area contributed by atoms with Crippen molar-refractivity contribution in [2.24, 2.45) is 0 Å². The Kier molecular flexibility index (Phi) is 6.09. The molecule has 15 heavy (non-hydrogen) atoms. The van der Waals surface area contributed by atoms with E-state index in [4.69, 9.17) is 4.74 Å². The highest BCUT2D eigenvalue weighted by Crippen LogP contribution is 1.98. The van der Waals surface area contributed by atoms with Crippen molar-refractivity contribution in [1.29, 1.82) is 0 Å². The Morgan fingerprint density at radius 1 is 1.33 bits per heavy atom. The summed E-state index contributed by atoms with van der Waals surface area (Å²) in [6, 6.07) is 0. The zero-order valence-electron chi connectivity index (χ0n) is 9.96. The Morgan fingerprint density at radius 2 is 2.20 bits per heavy atom. The number of aromatic nitrogens is 2. The summed E-state index contributed by atoms with van der Waals surface area (Å²) in [5.41, 5.74) is 0. The molecule has 0 atom stereocenters. The molecule has 3 nitrogen and oxygen atoms in total. The third kappa shape index (κ3) is 4.47. The Hall–Kier alpha value is -0.830. The van der Waals surface area contributed by atoms with E-state index in [0.717, 1.165) is 32.6 Å². The number of H-pyrrole nitrogens is 1. The summed E-state index contributed by atoms with van der Waals surface area (Å²) in [6.45, 7) is 7.09. The number of aromatic amines is 1. The average molecular weight is 211 g/mol. The van der Waals surface area contributed by atoms with E-state index in [1.54, 1.807) is 0 Å². The summed E-state index contributed by atoms with van der Waals surface area (Å²) in [6.07, 6.45) is 8.81. The van der Waals surface area contributed by atoms with Crippen LogP contribution >= 0.6 is 0 Å². The number of rotatable bonds is 8. The molecule has 1 aromatic heterocycles. The van der Waals surface area contributed by atoms with Crippen molar-refractivity contribution in [2.75, 3.05) is 13.2 Å². The van der Waals surface area contributed by atoms with E-state index < -0.39 is 0 Å². The van der Waals surface area contributed by atoms with Crippen LogP contribution in [0.4, 0.5) is 0 Å². The molecule has 0 fully saturated rings. The van der Waals surface area contributed by atoms with Crippen LogP contribution in [-0.4, -0.2) is 18.2 Å². The molecule has 0 radical (unpaired) electrons. The van der Waals surface area contributed by atoms with Crippen molar-refractivity contribution in [3.63, 3.8) is 0 Å². The number of ether oxygens (including phenoxy) is 1. The Balaban J connectivity index is 2.21. The molecule has 0 bridgehead atoms. The van der Waals surface area contributed by atoms with Gasteiger partial charge in [0.1, 0.15) is 12.4 Å². The largest absolute Gasteiger partial charge is 0.382 e. The van der Waals surface area contributed by atoms with Gasteiger partial charge in [-0.1, -0.05) is 6.92 Å². The van der Waals surface area contributed by atoms with Crippen molar-refractivity contribution >= 4 is 0 Å². The molecule has 1 heterocycles. The molecule has 1 rings (SSSR count). The fourth-order valence-electron chi connectivity index (χ4n) is 1.70. The molecule has 0 aliphatic rings. The lowest BCUT2D eigenvalue weighted by Gasteiger charge is -2.00. The number of nitrogens with zero attached hydrogens (tertiary/aromatic N) is 1. The maximum Gasteiger partial charge on any atom is 0.254 e. The minimum absolute atomic E-state index is 0.832. The Morgan fingerprint density at radius 3 is 2.93 bits per heavy atom. The van der Waals surface area contributed by atoms with Crippen LogP contribution in [-0.2, 0) is 17.7 Å². The lowest BCUT2D eigenvalue weighted by Crippen LogP contribution is -2.35. The molecule has 0 aliphatic heterocycles. The minimum atomic E-state index is 0.832. The maximum atomic E-state index is 5.31. The van der Waals surface area contributed by atoms with Crippen molar-refractivity contribution in [1.82, 2.24) is 4.98 Å². The molecule has 86 valence electrons. The van der Waals surface area contributed by atoms with Crippen LogP contribution in [0.2, 0.25) is 0 Å². The second kappa shape index (κ2) is 7.46. The fraction of sp³-hybridized carbons (Fsp3) is 0.750. The first-order valence-corrected chi connectivity index (χ1v) is 6.02. The average Bonchev–Trinajstić information content (AvgIpc) is 2.66. The lowest BCUT2D eigenvalue weighted by atomic mass is 10.2. The zero-order valence-corrected chi connectivity index (χ0v) is 9.96. The SMILES string of the molecule is CCC[n+]1cc[nH]c1CCCCOCC. The Labute approximate surface area is 92.5 Å². The molecule has 1 aromatic rings. The molecule has 0 unspecified atom stereocenters. The number of hydrogen-bond donors (Lipinski definition) is 1. The van der Waals surface area contributed by atoms with Crippen LogP contribution in [0.5, 0.6) is 0 Å². The molecular formula is C12H23N2O+. The van der Waals surface area contributed by atoms with E-state index in [1.807, 2.05) is 13.1 Å². The van der Waals surface area contributed by atoms with E-state index in [2.05, 4.69) is 22.7 Å². The fourth-order valence-corrected chi connectivity index (χ4v) is 1.70. The first-order valence-electron chi connectivity index (χ1n) is 6.02. The van der Waals surface area contributed by atoms with Crippen molar-refractivity contribution in [3.8, 4) is 0 Å². The number of unbranched alkanes of at least 4 members (excludes halogenated alkanes) is 1. The predicted molar refractivity (Wildman–Crippen MR) is 60.7 cm³/mol. The molecule has 0 spiro atoms. The minimum Gasteiger partial charge on any atom is -0.382 e. The summed E-state index contributed by atoms with van der Waals surface area (Å²) in [4.78, 5) is 3.30. The second-order valence-electron chi connectivity index (χ2n) is 3.75. The first-order chi connectivity index (χ1) is 7.38. The topological polar surface area (TPSA) is 28.9 Å². The van der Waals surface area contributed by atoms with E-state index in [-0.39, 0.29) is 0 Å². The lowest BCUT2D eigenvalue weighted by molar-refractivity contribution is -0.702. The van der Waals surface area contributed by atoms with E-state index >= 15 is 0 Å². The van der Waals surface area contributed by atoms with Crippen LogP contribution in [0.25, 0.3) is 0 Å². The normalized spacial score (nSPS) is 10.8. The summed E-state index contributed by atoms with van der Waals surface area (Å²) in [5, 5.41) is 0. The van der Waals surface area contributed by atoms with Gasteiger partial charge in [0.05, 0.1) is 6.54 Å². The highest BCUT2D eigenvalue weighted by atomic mass is 16.5. The number of aryl methyl sites for hydroxylation is 2. The number of nitrogens with one attached hydrogen (secondary N) is 1. The molecule has 0 aliphatic carbocycles. The molecule has 3 heteroatoms. The van der Waals surface area contributed by atoms with Gasteiger partial charge in [-0.2, -0.15) is 0 Å². The first kappa shape index (κ1) is 12.2. The highest BCUT2D eigenvalue weighted by Gasteiger charge is 2.08. The van der Waals surface area contributed by atoms with Gasteiger partial charge in [-0.05, 0) is 26.2 Å². The zero-order chi connectivity index (χ0) is 10.9. The van der Waals surface area contributed by atoms with Crippen LogP contribution < -0.4 is 4.57 Å². The second-order valence-corrected chi connectivity index (χ2v) is 3.75. The van der Waals surface area contributed by atoms with Gasteiger partial charge in [0.2, 0.25) is 0 Å². The van der Waals surface area contributed by atoms with Gasteiger partial charge < -0.3 is 4.74 Å². The van der Waals surface area contributed by atoms with Gasteiger partial charge in [-0.3, -0.25) is 0 Å². The summed E-state index contributed by atoms with van der Waals surface area (Å²) in [7, 11) is 0. The molecule has 0 saturated heterocycles. The van der Waals surface area contributed by atoms with Crippen molar-refractivity contribution in [3.05, 3.63) is 18.2 Å². The monoisotopic (exact) mass is 211 g/mol. The van der Waals surface area contributed by atoms with Crippen molar-refractivity contribution < 1.29 is 9.30 Å². The molecule has 0 aromatic carbocycles. The van der Waals surface area contributed by atoms with Gasteiger partial charge in [0.15, 0.2) is 0 Å². The standard InChI is InChI=1S/C12H22N2O/c1-3-9-14-10-8-13-12(14)7-5-6-11-15-4-2/h8,10H,3-7,9,11H2,1-2H3/p+1. The number of hydrogen-bond acceptors (Lipinski definition) is 1. The van der Waals surface area contributed by atoms with Crippen LogP contribution in [0.1, 0.15) is 38.9 Å². The third-order valence-corrected chi connectivity index (χ3v) is 2.47. The Bertz CT molecular complexity index is 258. The summed E-state index contributed by atoms with van der Waals surface area (Å²) >= 11 is 0. The van der Waals surface area contributed by atoms with E-state index in [1.165, 1.54) is 18.7 Å². The highest BCUT2D eigenvalue weighted by molar-refractivity contribution is 4.77. The molecule has 0 saturated carbocycles. The third-order valence-electron chi connectivity index (χ3n) is 2.47. The maximum absolute atomic E-state index is 5.31. The van der Waals surface area contributed by atoms with Gasteiger partial charge in [-0.25, -0.2) is 9.55 Å². The van der Waals surface area contributed by atoms with Crippen molar-refractivity contribution in [2.45, 2.75) is 46.1 Å². The summed E-state index contributed by atoms with van der Waals surface area (Å²) in [5.74, 6) is 1.34.